The molecule has 1 atom stereocenters. The van der Waals surface area contributed by atoms with Crippen molar-refractivity contribution >= 4 is 18.1 Å². The van der Waals surface area contributed by atoms with Crippen LogP contribution in [0, 0.1) is 0 Å². The average Bonchev–Trinajstić information content (AvgIpc) is 3.58. The summed E-state index contributed by atoms with van der Waals surface area (Å²) in [6, 6.07) is 20.1. The summed E-state index contributed by atoms with van der Waals surface area (Å²) in [7, 11) is 0. The monoisotopic (exact) mass is 408 g/mol. The van der Waals surface area contributed by atoms with E-state index in [0.29, 0.717) is 18.8 Å². The second kappa shape index (κ2) is 14.8. The smallest absolute Gasteiger partial charge is 0.333 e. The minimum absolute atomic E-state index is 0.142. The van der Waals surface area contributed by atoms with Gasteiger partial charge < -0.3 is 14.2 Å². The normalized spacial score (nSPS) is 13.9. The summed E-state index contributed by atoms with van der Waals surface area (Å²) < 4.78 is 14.9. The van der Waals surface area contributed by atoms with Crippen molar-refractivity contribution in [1.82, 2.24) is 0 Å². The molecule has 0 N–H and O–H groups in total. The van der Waals surface area contributed by atoms with Crippen LogP contribution in [0.25, 0.3) is 12.2 Å². The van der Waals surface area contributed by atoms with E-state index < -0.39 is 0 Å². The van der Waals surface area contributed by atoms with Crippen LogP contribution in [-0.4, -0.2) is 31.4 Å². The molecule has 1 unspecified atom stereocenters. The summed E-state index contributed by atoms with van der Waals surface area (Å²) in [5.74, 6) is -0.337. The Morgan fingerprint density at radius 2 is 1.63 bits per heavy atom. The molecule has 2 aromatic rings. The number of rotatable bonds is 7. The predicted octanol–water partition coefficient (Wildman–Crippen LogP) is 5.92. The Morgan fingerprint density at radius 1 is 1.10 bits per heavy atom. The SMILES string of the molecule is C=C(C)C(=O)OCC1CO1.C=Cc1ccccc1.CC(C)OC=Cc1ccccc1. The summed E-state index contributed by atoms with van der Waals surface area (Å²) in [6.45, 7) is 13.8. The van der Waals surface area contributed by atoms with Gasteiger partial charge in [0.1, 0.15) is 12.7 Å². The van der Waals surface area contributed by atoms with Crippen LogP contribution >= 0.6 is 0 Å². The molecule has 0 aliphatic carbocycles. The molecule has 160 valence electrons. The van der Waals surface area contributed by atoms with Gasteiger partial charge in [0.2, 0.25) is 0 Å². The molecule has 1 saturated heterocycles. The van der Waals surface area contributed by atoms with E-state index in [0.717, 1.165) is 5.56 Å². The van der Waals surface area contributed by atoms with Gasteiger partial charge in [-0.05, 0) is 38.0 Å². The second-order valence-corrected chi connectivity index (χ2v) is 6.85. The third kappa shape index (κ3) is 13.1. The number of epoxide rings is 1. The highest BCUT2D eigenvalue weighted by Gasteiger charge is 2.24. The first-order valence-electron chi connectivity index (χ1n) is 9.91. The molecular formula is C26H32O4. The quantitative estimate of drug-likeness (QED) is 0.247. The number of benzene rings is 2. The van der Waals surface area contributed by atoms with Crippen molar-refractivity contribution in [2.24, 2.45) is 0 Å². The van der Waals surface area contributed by atoms with Crippen molar-refractivity contribution in [3.05, 3.63) is 96.8 Å². The maximum atomic E-state index is 10.7. The molecule has 4 nitrogen and oxygen atoms in total. The number of hydrogen-bond acceptors (Lipinski definition) is 4. The molecule has 1 heterocycles. The maximum absolute atomic E-state index is 10.7. The number of esters is 1. The third-order valence-corrected chi connectivity index (χ3v) is 3.60. The number of ether oxygens (including phenoxy) is 3. The van der Waals surface area contributed by atoms with Gasteiger partial charge in [-0.15, -0.1) is 0 Å². The third-order valence-electron chi connectivity index (χ3n) is 3.60. The van der Waals surface area contributed by atoms with Crippen molar-refractivity contribution in [3.8, 4) is 0 Å². The largest absolute Gasteiger partial charge is 0.499 e. The van der Waals surface area contributed by atoms with Gasteiger partial charge in [-0.3, -0.25) is 0 Å². The Labute approximate surface area is 180 Å². The van der Waals surface area contributed by atoms with Gasteiger partial charge in [-0.1, -0.05) is 79.9 Å². The van der Waals surface area contributed by atoms with Gasteiger partial charge in [-0.2, -0.15) is 0 Å². The van der Waals surface area contributed by atoms with Crippen molar-refractivity contribution in [1.29, 1.82) is 0 Å². The van der Waals surface area contributed by atoms with Gasteiger partial charge in [-0.25, -0.2) is 4.79 Å². The number of hydrogen-bond donors (Lipinski definition) is 0. The lowest BCUT2D eigenvalue weighted by atomic mass is 10.2. The average molecular weight is 409 g/mol. The van der Waals surface area contributed by atoms with E-state index in [-0.39, 0.29) is 18.2 Å². The summed E-state index contributed by atoms with van der Waals surface area (Å²) in [5.41, 5.74) is 2.77. The number of carbonyl (C=O) groups is 1. The van der Waals surface area contributed by atoms with E-state index in [9.17, 15) is 4.79 Å². The van der Waals surface area contributed by atoms with Gasteiger partial charge in [0, 0.05) is 5.57 Å². The molecule has 4 heteroatoms. The molecule has 30 heavy (non-hydrogen) atoms. The standard InChI is InChI=1S/C11H14O.C8H8.C7H10O3/c1-10(2)12-9-8-11-6-4-3-5-7-11;1-2-8-6-4-3-5-7-8;1-5(2)7(8)10-4-6-3-9-6/h3-10H,1-2H3;2-7H,1H2;6H,1,3-4H2,2H3. The van der Waals surface area contributed by atoms with E-state index in [1.54, 1.807) is 13.2 Å². The van der Waals surface area contributed by atoms with Gasteiger partial charge >= 0.3 is 5.97 Å². The lowest BCUT2D eigenvalue weighted by Gasteiger charge is -2.02. The molecule has 3 rings (SSSR count). The van der Waals surface area contributed by atoms with Crippen LogP contribution in [0.4, 0.5) is 0 Å². The van der Waals surface area contributed by atoms with Crippen LogP contribution in [-0.2, 0) is 19.0 Å². The molecular weight excluding hydrogens is 376 g/mol. The first kappa shape index (κ1) is 24.9. The van der Waals surface area contributed by atoms with Crippen molar-refractivity contribution in [2.75, 3.05) is 13.2 Å². The molecule has 1 fully saturated rings. The molecule has 0 radical (unpaired) electrons. The highest BCUT2D eigenvalue weighted by Crippen LogP contribution is 2.09. The Kier molecular flexibility index (Phi) is 12.3. The van der Waals surface area contributed by atoms with Crippen LogP contribution in [0.3, 0.4) is 0 Å². The zero-order valence-electron chi connectivity index (χ0n) is 18.1. The summed E-state index contributed by atoms with van der Waals surface area (Å²) >= 11 is 0. The summed E-state index contributed by atoms with van der Waals surface area (Å²) in [6.07, 6.45) is 5.92. The first-order valence-corrected chi connectivity index (χ1v) is 9.91. The second-order valence-electron chi connectivity index (χ2n) is 6.85. The summed E-state index contributed by atoms with van der Waals surface area (Å²) in [4.78, 5) is 10.7. The van der Waals surface area contributed by atoms with E-state index >= 15 is 0 Å². The fourth-order valence-electron chi connectivity index (χ4n) is 1.88. The van der Waals surface area contributed by atoms with E-state index in [4.69, 9.17) is 14.2 Å². The molecule has 0 aromatic heterocycles. The maximum Gasteiger partial charge on any atom is 0.333 e. The summed E-state index contributed by atoms with van der Waals surface area (Å²) in [5, 5.41) is 0. The molecule has 1 aliphatic rings. The topological polar surface area (TPSA) is 48.1 Å². The van der Waals surface area contributed by atoms with E-state index in [1.165, 1.54) is 5.56 Å². The number of carbonyl (C=O) groups excluding carboxylic acids is 1. The Hall–Kier alpha value is -3.11. The molecule has 0 amide bonds. The minimum Gasteiger partial charge on any atom is -0.499 e. The molecule has 2 aromatic carbocycles. The van der Waals surface area contributed by atoms with E-state index in [2.05, 4.69) is 13.2 Å². The van der Waals surface area contributed by atoms with Crippen molar-refractivity contribution in [2.45, 2.75) is 33.0 Å². The lowest BCUT2D eigenvalue weighted by Crippen LogP contribution is -2.09. The molecule has 0 bridgehead atoms. The highest BCUT2D eigenvalue weighted by atomic mass is 16.6. The fraction of sp³-hybridized carbons (Fsp3) is 0.269. The van der Waals surface area contributed by atoms with Gasteiger partial charge in [0.05, 0.1) is 19.0 Å². The van der Waals surface area contributed by atoms with E-state index in [1.807, 2.05) is 86.7 Å². The fourth-order valence-corrected chi connectivity index (χ4v) is 1.88. The zero-order chi connectivity index (χ0) is 22.2. The highest BCUT2D eigenvalue weighted by molar-refractivity contribution is 5.86. The predicted molar refractivity (Wildman–Crippen MR) is 124 cm³/mol. The van der Waals surface area contributed by atoms with Crippen molar-refractivity contribution < 1.29 is 19.0 Å². The first-order chi connectivity index (χ1) is 14.4. The Bertz CT molecular complexity index is 775. The van der Waals surface area contributed by atoms with Crippen LogP contribution < -0.4 is 0 Å². The molecule has 1 aliphatic heterocycles. The zero-order valence-corrected chi connectivity index (χ0v) is 18.1. The Balaban J connectivity index is 0.000000230. The minimum atomic E-state index is -0.337. The van der Waals surface area contributed by atoms with Crippen LogP contribution in [0.5, 0.6) is 0 Å². The molecule has 0 saturated carbocycles. The van der Waals surface area contributed by atoms with Crippen molar-refractivity contribution in [3.63, 3.8) is 0 Å². The van der Waals surface area contributed by atoms with Crippen LogP contribution in [0.2, 0.25) is 0 Å². The van der Waals surface area contributed by atoms with Gasteiger partial charge in [0.25, 0.3) is 0 Å². The lowest BCUT2D eigenvalue weighted by molar-refractivity contribution is -0.139. The Morgan fingerprint density at radius 3 is 2.03 bits per heavy atom. The molecule has 0 spiro atoms. The van der Waals surface area contributed by atoms with Gasteiger partial charge in [0.15, 0.2) is 0 Å². The van der Waals surface area contributed by atoms with Crippen LogP contribution in [0.1, 0.15) is 31.9 Å². The van der Waals surface area contributed by atoms with Crippen LogP contribution in [0.15, 0.2) is 85.7 Å².